The van der Waals surface area contributed by atoms with E-state index in [1.807, 2.05) is 62.4 Å². The summed E-state index contributed by atoms with van der Waals surface area (Å²) in [7, 11) is 0. The Kier molecular flexibility index (Phi) is 11.3. The second kappa shape index (κ2) is 14.7. The minimum atomic E-state index is -0.679. The first-order chi connectivity index (χ1) is 17.8. The number of nitrogens with zero attached hydrogens (tertiary/aromatic N) is 1. The molecule has 0 saturated heterocycles. The monoisotopic (exact) mass is 540 g/mol. The summed E-state index contributed by atoms with van der Waals surface area (Å²) < 4.78 is 5.77. The largest absolute Gasteiger partial charge is 0.494 e. The zero-order valence-corrected chi connectivity index (χ0v) is 22.8. The third kappa shape index (κ3) is 9.42. The molecule has 0 radical (unpaired) electrons. The minimum Gasteiger partial charge on any atom is -0.494 e. The number of halogens is 2. The van der Waals surface area contributed by atoms with Crippen LogP contribution in [0.3, 0.4) is 0 Å². The van der Waals surface area contributed by atoms with Crippen molar-refractivity contribution in [1.29, 1.82) is 0 Å². The van der Waals surface area contributed by atoms with E-state index in [-0.39, 0.29) is 24.8 Å². The van der Waals surface area contributed by atoms with Crippen molar-refractivity contribution >= 4 is 35.0 Å². The van der Waals surface area contributed by atoms with Gasteiger partial charge in [0.1, 0.15) is 11.8 Å². The highest BCUT2D eigenvalue weighted by atomic mass is 35.5. The molecule has 1 N–H and O–H groups in total. The molecular weight excluding hydrogens is 507 g/mol. The van der Waals surface area contributed by atoms with E-state index in [1.165, 1.54) is 0 Å². The number of carbonyl (C=O) groups excluding carboxylic acids is 2. The molecule has 7 heteroatoms. The van der Waals surface area contributed by atoms with E-state index >= 15 is 0 Å². The van der Waals surface area contributed by atoms with Gasteiger partial charge in [0.25, 0.3) is 0 Å². The molecule has 0 aliphatic carbocycles. The Morgan fingerprint density at radius 1 is 0.919 bits per heavy atom. The molecule has 0 spiro atoms. The first-order valence-electron chi connectivity index (χ1n) is 12.6. The molecule has 196 valence electrons. The zero-order valence-electron chi connectivity index (χ0n) is 21.3. The smallest absolute Gasteiger partial charge is 0.243 e. The molecule has 2 amide bonds. The van der Waals surface area contributed by atoms with Crippen molar-refractivity contribution in [3.05, 3.63) is 100 Å². The summed E-state index contributed by atoms with van der Waals surface area (Å²) in [6.07, 6.45) is 1.15. The molecule has 37 heavy (non-hydrogen) atoms. The first kappa shape index (κ1) is 28.5. The summed E-state index contributed by atoms with van der Waals surface area (Å²) in [5, 5.41) is 4.23. The number of hydrogen-bond acceptors (Lipinski definition) is 3. The summed E-state index contributed by atoms with van der Waals surface area (Å²) >= 11 is 12.4. The molecular formula is C30H34Cl2N2O3. The minimum absolute atomic E-state index is 0.125. The standard InChI is InChI=1S/C30H34Cl2N2O3/c1-22(2)20-33-30(36)28(19-23-9-4-3-5-10-23)34(21-24-11-6-7-12-27(24)32)29(35)13-8-18-37-26-16-14-25(31)15-17-26/h3-7,9-12,14-17,22,28H,8,13,18-21H2,1-2H3,(H,33,36)/t28-/m1/s1. The third-order valence-electron chi connectivity index (χ3n) is 5.87. The van der Waals surface area contributed by atoms with Crippen LogP contribution in [0.5, 0.6) is 5.75 Å². The number of benzene rings is 3. The van der Waals surface area contributed by atoms with E-state index in [1.54, 1.807) is 35.2 Å². The SMILES string of the molecule is CC(C)CNC(=O)[C@@H](Cc1ccccc1)N(Cc1ccccc1Cl)C(=O)CCCOc1ccc(Cl)cc1. The highest BCUT2D eigenvalue weighted by Crippen LogP contribution is 2.22. The molecule has 0 aliphatic heterocycles. The van der Waals surface area contributed by atoms with E-state index in [0.717, 1.165) is 11.1 Å². The van der Waals surface area contributed by atoms with Crippen LogP contribution in [0.1, 0.15) is 37.8 Å². The topological polar surface area (TPSA) is 58.6 Å². The Labute approximate surface area is 229 Å². The van der Waals surface area contributed by atoms with Gasteiger partial charge in [0, 0.05) is 36.0 Å². The van der Waals surface area contributed by atoms with E-state index in [9.17, 15) is 9.59 Å². The van der Waals surface area contributed by atoms with Crippen LogP contribution in [0.2, 0.25) is 10.0 Å². The van der Waals surface area contributed by atoms with Crippen molar-refractivity contribution in [2.75, 3.05) is 13.2 Å². The fourth-order valence-corrected chi connectivity index (χ4v) is 4.20. The average Bonchev–Trinajstić information content (AvgIpc) is 2.89. The molecule has 0 aliphatic rings. The summed E-state index contributed by atoms with van der Waals surface area (Å²) in [5.74, 6) is 0.689. The molecule has 0 fully saturated rings. The highest BCUT2D eigenvalue weighted by molar-refractivity contribution is 6.31. The van der Waals surface area contributed by atoms with E-state index in [4.69, 9.17) is 27.9 Å². The van der Waals surface area contributed by atoms with Crippen LogP contribution in [0.4, 0.5) is 0 Å². The number of carbonyl (C=O) groups is 2. The van der Waals surface area contributed by atoms with Gasteiger partial charge in [-0.25, -0.2) is 0 Å². The molecule has 0 bridgehead atoms. The third-order valence-corrected chi connectivity index (χ3v) is 6.49. The van der Waals surface area contributed by atoms with Gasteiger partial charge in [-0.3, -0.25) is 9.59 Å². The number of nitrogens with one attached hydrogen (secondary N) is 1. The quantitative estimate of drug-likeness (QED) is 0.249. The predicted molar refractivity (Wildman–Crippen MR) is 150 cm³/mol. The van der Waals surface area contributed by atoms with Gasteiger partial charge in [0.2, 0.25) is 11.8 Å². The van der Waals surface area contributed by atoms with Crippen LogP contribution in [0.25, 0.3) is 0 Å². The van der Waals surface area contributed by atoms with E-state index in [2.05, 4.69) is 5.32 Å². The van der Waals surface area contributed by atoms with E-state index < -0.39 is 6.04 Å². The fraction of sp³-hybridized carbons (Fsp3) is 0.333. The molecule has 0 saturated carbocycles. The molecule has 3 aromatic rings. The van der Waals surface area contributed by atoms with Crippen LogP contribution in [0.15, 0.2) is 78.9 Å². The molecule has 0 aromatic heterocycles. The lowest BCUT2D eigenvalue weighted by molar-refractivity contribution is -0.141. The summed E-state index contributed by atoms with van der Waals surface area (Å²) in [6, 6.07) is 23.6. The second-order valence-corrected chi connectivity index (χ2v) is 10.2. The van der Waals surface area contributed by atoms with Crippen molar-refractivity contribution < 1.29 is 14.3 Å². The van der Waals surface area contributed by atoms with Gasteiger partial charge in [-0.2, -0.15) is 0 Å². The van der Waals surface area contributed by atoms with Gasteiger partial charge in [0.05, 0.1) is 6.61 Å². The lowest BCUT2D eigenvalue weighted by Gasteiger charge is -2.32. The van der Waals surface area contributed by atoms with Gasteiger partial charge < -0.3 is 15.0 Å². The zero-order chi connectivity index (χ0) is 26.6. The van der Waals surface area contributed by atoms with E-state index in [0.29, 0.717) is 47.7 Å². The number of ether oxygens (including phenoxy) is 1. The Morgan fingerprint density at radius 2 is 1.59 bits per heavy atom. The van der Waals surface area contributed by atoms with Gasteiger partial charge in [-0.05, 0) is 53.8 Å². The van der Waals surface area contributed by atoms with Gasteiger partial charge >= 0.3 is 0 Å². The Balaban J connectivity index is 1.79. The Morgan fingerprint density at radius 3 is 2.27 bits per heavy atom. The first-order valence-corrected chi connectivity index (χ1v) is 13.3. The van der Waals surface area contributed by atoms with Crippen LogP contribution in [-0.4, -0.2) is 35.9 Å². The molecule has 3 rings (SSSR count). The second-order valence-electron chi connectivity index (χ2n) is 9.36. The number of hydrogen-bond donors (Lipinski definition) is 1. The summed E-state index contributed by atoms with van der Waals surface area (Å²) in [5.41, 5.74) is 1.78. The number of amides is 2. The summed E-state index contributed by atoms with van der Waals surface area (Å²) in [4.78, 5) is 28.7. The molecule has 0 unspecified atom stereocenters. The molecule has 3 aromatic carbocycles. The lowest BCUT2D eigenvalue weighted by atomic mass is 10.0. The maximum absolute atomic E-state index is 13.6. The Bertz CT molecular complexity index is 1140. The Hall–Kier alpha value is -3.02. The maximum Gasteiger partial charge on any atom is 0.243 e. The molecule has 0 heterocycles. The van der Waals surface area contributed by atoms with Crippen LogP contribution in [-0.2, 0) is 22.6 Å². The van der Waals surface area contributed by atoms with Crippen molar-refractivity contribution in [2.24, 2.45) is 5.92 Å². The lowest BCUT2D eigenvalue weighted by Crippen LogP contribution is -2.51. The highest BCUT2D eigenvalue weighted by Gasteiger charge is 2.30. The van der Waals surface area contributed by atoms with Crippen molar-refractivity contribution in [3.8, 4) is 5.75 Å². The fourth-order valence-electron chi connectivity index (χ4n) is 3.87. The van der Waals surface area contributed by atoms with Crippen molar-refractivity contribution in [2.45, 2.75) is 45.7 Å². The van der Waals surface area contributed by atoms with Crippen LogP contribution >= 0.6 is 23.2 Å². The molecule has 1 atom stereocenters. The average molecular weight is 542 g/mol. The van der Waals surface area contributed by atoms with Gasteiger partial charge in [0.15, 0.2) is 0 Å². The maximum atomic E-state index is 13.6. The predicted octanol–water partition coefficient (Wildman–Crippen LogP) is 6.56. The van der Waals surface area contributed by atoms with Crippen LogP contribution < -0.4 is 10.1 Å². The van der Waals surface area contributed by atoms with Crippen molar-refractivity contribution in [1.82, 2.24) is 10.2 Å². The number of rotatable bonds is 13. The normalized spacial score (nSPS) is 11.7. The van der Waals surface area contributed by atoms with Crippen molar-refractivity contribution in [3.63, 3.8) is 0 Å². The molecule has 5 nitrogen and oxygen atoms in total. The van der Waals surface area contributed by atoms with Gasteiger partial charge in [-0.15, -0.1) is 0 Å². The summed E-state index contributed by atoms with van der Waals surface area (Å²) in [6.45, 7) is 5.23. The van der Waals surface area contributed by atoms with Crippen LogP contribution in [0, 0.1) is 5.92 Å². The van der Waals surface area contributed by atoms with Gasteiger partial charge in [-0.1, -0.05) is 85.6 Å².